The summed E-state index contributed by atoms with van der Waals surface area (Å²) in [5, 5.41) is 0.275. The third-order valence-corrected chi connectivity index (χ3v) is 3.34. The average molecular weight is 285 g/mol. The molecule has 106 valence electrons. The first kappa shape index (κ1) is 15.5. The minimum Gasteiger partial charge on any atom is -0.462 e. The molecule has 0 saturated heterocycles. The van der Waals surface area contributed by atoms with Crippen LogP contribution in [0.1, 0.15) is 53.3 Å². The van der Waals surface area contributed by atoms with Crippen molar-refractivity contribution in [3.8, 4) is 0 Å². The third kappa shape index (κ3) is 3.70. The van der Waals surface area contributed by atoms with E-state index in [1.54, 1.807) is 34.6 Å². The molecule has 0 atom stereocenters. The average Bonchev–Trinajstić information content (AvgIpc) is 2.52. The molecule has 0 aromatic carbocycles. The second-order valence-corrected chi connectivity index (χ2v) is 6.07. The van der Waals surface area contributed by atoms with E-state index in [9.17, 15) is 9.59 Å². The van der Waals surface area contributed by atoms with Gasteiger partial charge in [0.1, 0.15) is 15.5 Å². The lowest BCUT2D eigenvalue weighted by Crippen LogP contribution is -2.23. The van der Waals surface area contributed by atoms with Crippen LogP contribution in [0.15, 0.2) is 0 Å². The van der Waals surface area contributed by atoms with E-state index in [1.807, 2.05) is 0 Å². The number of thiophene rings is 1. The molecule has 0 amide bonds. The maximum absolute atomic E-state index is 12.0. The minimum absolute atomic E-state index is 0.257. The van der Waals surface area contributed by atoms with Gasteiger partial charge in [0.25, 0.3) is 0 Å². The molecule has 0 bridgehead atoms. The monoisotopic (exact) mass is 285 g/mol. The Balaban J connectivity index is 3.09. The highest BCUT2D eigenvalue weighted by atomic mass is 32.1. The summed E-state index contributed by atoms with van der Waals surface area (Å²) >= 11 is 1.05. The molecule has 19 heavy (non-hydrogen) atoms. The fourth-order valence-corrected chi connectivity index (χ4v) is 2.45. The Morgan fingerprint density at radius 3 is 2.32 bits per heavy atom. The molecule has 0 spiro atoms. The van der Waals surface area contributed by atoms with Crippen LogP contribution in [0.2, 0.25) is 0 Å². The number of carbonyl (C=O) groups is 2. The van der Waals surface area contributed by atoms with Gasteiger partial charge < -0.3 is 15.2 Å². The summed E-state index contributed by atoms with van der Waals surface area (Å²) in [5.74, 6) is -0.985. The van der Waals surface area contributed by atoms with Crippen LogP contribution in [0.3, 0.4) is 0 Å². The summed E-state index contributed by atoms with van der Waals surface area (Å²) in [5.41, 5.74) is 5.96. The molecule has 0 fully saturated rings. The van der Waals surface area contributed by atoms with Crippen molar-refractivity contribution in [3.05, 3.63) is 16.0 Å². The quantitative estimate of drug-likeness (QED) is 0.864. The lowest BCUT2D eigenvalue weighted by Gasteiger charge is -2.19. The van der Waals surface area contributed by atoms with E-state index >= 15 is 0 Å². The summed E-state index contributed by atoms with van der Waals surface area (Å²) in [7, 11) is 0. The van der Waals surface area contributed by atoms with Crippen molar-refractivity contribution < 1.29 is 19.1 Å². The van der Waals surface area contributed by atoms with Crippen molar-refractivity contribution in [3.63, 3.8) is 0 Å². The Morgan fingerprint density at radius 1 is 1.26 bits per heavy atom. The molecule has 0 aliphatic carbocycles. The SMILES string of the molecule is CCOC(=O)c1c(N)sc(C(=O)OC(C)(C)C)c1C. The predicted molar refractivity (Wildman–Crippen MR) is 74.6 cm³/mol. The highest BCUT2D eigenvalue weighted by Gasteiger charge is 2.27. The first-order valence-corrected chi connectivity index (χ1v) is 6.78. The summed E-state index contributed by atoms with van der Waals surface area (Å²) in [6.45, 7) is 8.98. The number of anilines is 1. The molecular formula is C13H19NO4S. The van der Waals surface area contributed by atoms with E-state index in [1.165, 1.54) is 0 Å². The predicted octanol–water partition coefficient (Wildman–Crippen LogP) is 2.77. The molecule has 1 aromatic rings. The molecule has 1 aromatic heterocycles. The standard InChI is InChI=1S/C13H19NO4S/c1-6-17-11(15)8-7(2)9(19-10(8)14)12(16)18-13(3,4)5/h6,14H2,1-5H3. The van der Waals surface area contributed by atoms with Gasteiger partial charge in [-0.15, -0.1) is 11.3 Å². The van der Waals surface area contributed by atoms with Gasteiger partial charge in [0.05, 0.1) is 12.2 Å². The third-order valence-electron chi connectivity index (χ3n) is 2.24. The van der Waals surface area contributed by atoms with Gasteiger partial charge in [-0.3, -0.25) is 0 Å². The smallest absolute Gasteiger partial charge is 0.349 e. The van der Waals surface area contributed by atoms with Gasteiger partial charge in [0.15, 0.2) is 0 Å². The van der Waals surface area contributed by atoms with Gasteiger partial charge in [-0.25, -0.2) is 9.59 Å². The van der Waals surface area contributed by atoms with Crippen molar-refractivity contribution in [2.45, 2.75) is 40.2 Å². The molecule has 5 nitrogen and oxygen atoms in total. The van der Waals surface area contributed by atoms with Crippen LogP contribution in [-0.2, 0) is 9.47 Å². The molecule has 0 aliphatic heterocycles. The van der Waals surface area contributed by atoms with E-state index in [0.29, 0.717) is 10.4 Å². The number of rotatable bonds is 3. The molecule has 0 saturated carbocycles. The van der Waals surface area contributed by atoms with Crippen molar-refractivity contribution in [2.75, 3.05) is 12.3 Å². The van der Waals surface area contributed by atoms with E-state index < -0.39 is 17.5 Å². The van der Waals surface area contributed by atoms with Gasteiger partial charge in [-0.05, 0) is 40.2 Å². The molecule has 0 unspecified atom stereocenters. The molecule has 6 heteroatoms. The zero-order valence-corrected chi connectivity index (χ0v) is 12.6. The Labute approximate surface area is 116 Å². The highest BCUT2D eigenvalue weighted by molar-refractivity contribution is 7.18. The number of carbonyl (C=O) groups excluding carboxylic acids is 2. The van der Waals surface area contributed by atoms with Gasteiger partial charge in [0, 0.05) is 0 Å². The van der Waals surface area contributed by atoms with E-state index in [-0.39, 0.29) is 17.2 Å². The van der Waals surface area contributed by atoms with Crippen LogP contribution in [0.4, 0.5) is 5.00 Å². The maximum atomic E-state index is 12.0. The Bertz CT molecular complexity index is 499. The summed E-state index contributed by atoms with van der Waals surface area (Å²) < 4.78 is 10.2. The van der Waals surface area contributed by atoms with E-state index in [0.717, 1.165) is 11.3 Å². The molecular weight excluding hydrogens is 266 g/mol. The highest BCUT2D eigenvalue weighted by Crippen LogP contribution is 2.32. The number of nitrogen functional groups attached to an aromatic ring is 1. The number of esters is 2. The van der Waals surface area contributed by atoms with Gasteiger partial charge in [-0.2, -0.15) is 0 Å². The fourth-order valence-electron chi connectivity index (χ4n) is 1.51. The van der Waals surface area contributed by atoms with Crippen LogP contribution in [0, 0.1) is 6.92 Å². The van der Waals surface area contributed by atoms with Crippen LogP contribution in [0.5, 0.6) is 0 Å². The van der Waals surface area contributed by atoms with Crippen LogP contribution >= 0.6 is 11.3 Å². The van der Waals surface area contributed by atoms with Crippen molar-refractivity contribution in [1.82, 2.24) is 0 Å². The molecule has 2 N–H and O–H groups in total. The Hall–Kier alpha value is -1.56. The summed E-state index contributed by atoms with van der Waals surface area (Å²) in [6.07, 6.45) is 0. The minimum atomic E-state index is -0.591. The van der Waals surface area contributed by atoms with Crippen LogP contribution in [0.25, 0.3) is 0 Å². The van der Waals surface area contributed by atoms with Crippen LogP contribution < -0.4 is 5.73 Å². The Morgan fingerprint density at radius 2 is 1.84 bits per heavy atom. The number of hydrogen-bond acceptors (Lipinski definition) is 6. The van der Waals surface area contributed by atoms with Crippen molar-refractivity contribution >= 4 is 28.3 Å². The first-order chi connectivity index (χ1) is 8.67. The largest absolute Gasteiger partial charge is 0.462 e. The summed E-state index contributed by atoms with van der Waals surface area (Å²) in [6, 6.07) is 0. The maximum Gasteiger partial charge on any atom is 0.349 e. The lowest BCUT2D eigenvalue weighted by molar-refractivity contribution is 0.00745. The zero-order valence-electron chi connectivity index (χ0n) is 11.8. The van der Waals surface area contributed by atoms with Gasteiger partial charge >= 0.3 is 11.9 Å². The normalized spacial score (nSPS) is 11.2. The Kier molecular flexibility index (Phi) is 4.57. The van der Waals surface area contributed by atoms with E-state index in [4.69, 9.17) is 15.2 Å². The fraction of sp³-hybridized carbons (Fsp3) is 0.538. The number of nitrogens with two attached hydrogens (primary N) is 1. The second kappa shape index (κ2) is 5.61. The zero-order chi connectivity index (χ0) is 14.8. The first-order valence-electron chi connectivity index (χ1n) is 5.96. The van der Waals surface area contributed by atoms with Crippen molar-refractivity contribution in [1.29, 1.82) is 0 Å². The topological polar surface area (TPSA) is 78.6 Å². The molecule has 1 heterocycles. The number of hydrogen-bond donors (Lipinski definition) is 1. The van der Waals surface area contributed by atoms with Crippen molar-refractivity contribution in [2.24, 2.45) is 0 Å². The van der Waals surface area contributed by atoms with Gasteiger partial charge in [0.2, 0.25) is 0 Å². The lowest BCUT2D eigenvalue weighted by atomic mass is 10.1. The summed E-state index contributed by atoms with van der Waals surface area (Å²) in [4.78, 5) is 24.1. The molecule has 0 aliphatic rings. The number of ether oxygens (including phenoxy) is 2. The van der Waals surface area contributed by atoms with E-state index in [2.05, 4.69) is 0 Å². The van der Waals surface area contributed by atoms with Gasteiger partial charge in [-0.1, -0.05) is 0 Å². The second-order valence-electron chi connectivity index (χ2n) is 5.02. The molecule has 0 radical (unpaired) electrons. The molecule has 1 rings (SSSR count). The van der Waals surface area contributed by atoms with Crippen LogP contribution in [-0.4, -0.2) is 24.1 Å².